The van der Waals surface area contributed by atoms with Crippen LogP contribution in [0.2, 0.25) is 0 Å². The summed E-state index contributed by atoms with van der Waals surface area (Å²) in [4.78, 5) is 26.1. The van der Waals surface area contributed by atoms with Gasteiger partial charge in [-0.1, -0.05) is 30.3 Å². The fourth-order valence-electron chi connectivity index (χ4n) is 2.31. The van der Waals surface area contributed by atoms with E-state index in [1.54, 1.807) is 17.5 Å². The van der Waals surface area contributed by atoms with Crippen LogP contribution in [0, 0.1) is 13.8 Å². The Balaban J connectivity index is 1.59. The van der Waals surface area contributed by atoms with Crippen LogP contribution in [0.1, 0.15) is 26.1 Å². The fourth-order valence-corrected chi connectivity index (χ4v) is 3.26. The molecule has 1 amide bonds. The molecule has 2 heterocycles. The topological polar surface area (TPSA) is 67.8 Å². The summed E-state index contributed by atoms with van der Waals surface area (Å²) in [5.41, 5.74) is 3.27. The lowest BCUT2D eigenvalue weighted by Crippen LogP contribution is -2.26. The van der Waals surface area contributed by atoms with E-state index in [0.717, 1.165) is 22.0 Å². The van der Waals surface area contributed by atoms with Gasteiger partial charge in [0, 0.05) is 29.6 Å². The lowest BCUT2D eigenvalue weighted by molar-refractivity contribution is 0.0948. The first kappa shape index (κ1) is 16.3. The molecular formula is C18H18N4OS. The van der Waals surface area contributed by atoms with Crippen molar-refractivity contribution in [2.45, 2.75) is 20.3 Å². The van der Waals surface area contributed by atoms with Gasteiger partial charge in [-0.3, -0.25) is 9.78 Å². The van der Waals surface area contributed by atoms with Gasteiger partial charge >= 0.3 is 0 Å². The summed E-state index contributed by atoms with van der Waals surface area (Å²) in [7, 11) is 0. The van der Waals surface area contributed by atoms with Crippen LogP contribution in [0.4, 0.5) is 0 Å². The van der Waals surface area contributed by atoms with Gasteiger partial charge in [-0.2, -0.15) is 0 Å². The second kappa shape index (κ2) is 7.31. The van der Waals surface area contributed by atoms with Gasteiger partial charge in [0.15, 0.2) is 0 Å². The number of thiazole rings is 1. The summed E-state index contributed by atoms with van der Waals surface area (Å²) >= 11 is 1.67. The molecule has 0 saturated heterocycles. The summed E-state index contributed by atoms with van der Waals surface area (Å²) < 4.78 is 0. The van der Waals surface area contributed by atoms with E-state index in [0.29, 0.717) is 18.7 Å². The lowest BCUT2D eigenvalue weighted by atomic mass is 10.1. The van der Waals surface area contributed by atoms with Crippen LogP contribution in [0.3, 0.4) is 0 Å². The Morgan fingerprint density at radius 2 is 1.92 bits per heavy atom. The third-order valence-electron chi connectivity index (χ3n) is 3.53. The van der Waals surface area contributed by atoms with Gasteiger partial charge in [-0.15, -0.1) is 11.3 Å². The van der Waals surface area contributed by atoms with Crippen LogP contribution < -0.4 is 5.32 Å². The van der Waals surface area contributed by atoms with Crippen LogP contribution in [0.25, 0.3) is 11.3 Å². The second-order valence-corrected chi connectivity index (χ2v) is 6.72. The Hall–Kier alpha value is -2.60. The number of carbonyl (C=O) groups is 1. The molecule has 0 aliphatic rings. The van der Waals surface area contributed by atoms with Gasteiger partial charge in [-0.05, 0) is 13.8 Å². The van der Waals surface area contributed by atoms with Crippen molar-refractivity contribution < 1.29 is 4.79 Å². The summed E-state index contributed by atoms with van der Waals surface area (Å²) in [5, 5.41) is 3.88. The summed E-state index contributed by atoms with van der Waals surface area (Å²) in [5.74, 6) is -0.209. The van der Waals surface area contributed by atoms with Crippen molar-refractivity contribution >= 4 is 17.2 Å². The van der Waals surface area contributed by atoms with E-state index >= 15 is 0 Å². The van der Waals surface area contributed by atoms with Crippen molar-refractivity contribution in [2.24, 2.45) is 0 Å². The zero-order valence-electron chi connectivity index (χ0n) is 13.6. The molecule has 0 saturated carbocycles. The van der Waals surface area contributed by atoms with Gasteiger partial charge in [-0.25, -0.2) is 9.97 Å². The number of hydrogen-bond acceptors (Lipinski definition) is 5. The van der Waals surface area contributed by atoms with Crippen LogP contribution in [-0.4, -0.2) is 27.4 Å². The quantitative estimate of drug-likeness (QED) is 0.776. The molecule has 0 radical (unpaired) electrons. The molecule has 0 spiro atoms. The zero-order valence-corrected chi connectivity index (χ0v) is 14.4. The van der Waals surface area contributed by atoms with Crippen molar-refractivity contribution in [1.82, 2.24) is 20.3 Å². The molecule has 2 aromatic heterocycles. The Morgan fingerprint density at radius 3 is 2.62 bits per heavy atom. The maximum absolute atomic E-state index is 12.0. The van der Waals surface area contributed by atoms with E-state index < -0.39 is 0 Å². The molecule has 6 heteroatoms. The minimum atomic E-state index is -0.209. The first-order valence-corrected chi connectivity index (χ1v) is 8.53. The maximum atomic E-state index is 12.0. The van der Waals surface area contributed by atoms with E-state index in [4.69, 9.17) is 4.98 Å². The summed E-state index contributed by atoms with van der Waals surface area (Å²) in [6.45, 7) is 4.43. The van der Waals surface area contributed by atoms with Crippen LogP contribution in [0.5, 0.6) is 0 Å². The van der Waals surface area contributed by atoms with Gasteiger partial charge in [0.25, 0.3) is 5.91 Å². The molecule has 3 aromatic rings. The molecular weight excluding hydrogens is 320 g/mol. The molecule has 0 unspecified atom stereocenters. The van der Waals surface area contributed by atoms with E-state index in [2.05, 4.69) is 34.3 Å². The largest absolute Gasteiger partial charge is 0.350 e. The summed E-state index contributed by atoms with van der Waals surface area (Å²) in [6.07, 6.45) is 3.78. The Kier molecular flexibility index (Phi) is 4.96. The van der Waals surface area contributed by atoms with E-state index in [-0.39, 0.29) is 5.91 Å². The van der Waals surface area contributed by atoms with Crippen LogP contribution in [-0.2, 0) is 6.42 Å². The number of benzene rings is 1. The minimum Gasteiger partial charge on any atom is -0.350 e. The molecule has 3 rings (SSSR count). The monoisotopic (exact) mass is 338 g/mol. The van der Waals surface area contributed by atoms with E-state index in [1.165, 1.54) is 11.1 Å². The zero-order chi connectivity index (χ0) is 16.9. The highest BCUT2D eigenvalue weighted by Gasteiger charge is 2.11. The average molecular weight is 338 g/mol. The normalized spacial score (nSPS) is 10.6. The highest BCUT2D eigenvalue weighted by atomic mass is 32.1. The van der Waals surface area contributed by atoms with Crippen LogP contribution >= 0.6 is 11.3 Å². The first-order valence-electron chi connectivity index (χ1n) is 7.72. The highest BCUT2D eigenvalue weighted by molar-refractivity contribution is 7.12. The smallest absolute Gasteiger partial charge is 0.271 e. The minimum absolute atomic E-state index is 0.209. The number of hydrogen-bond donors (Lipinski definition) is 1. The molecule has 122 valence electrons. The second-order valence-electron chi connectivity index (χ2n) is 5.43. The number of aromatic nitrogens is 3. The molecule has 1 aromatic carbocycles. The van der Waals surface area contributed by atoms with Crippen molar-refractivity contribution in [1.29, 1.82) is 0 Å². The highest BCUT2D eigenvalue weighted by Crippen LogP contribution is 2.27. The van der Waals surface area contributed by atoms with Crippen molar-refractivity contribution in [3.8, 4) is 11.3 Å². The number of amides is 1. The van der Waals surface area contributed by atoms with E-state index in [1.807, 2.05) is 25.1 Å². The van der Waals surface area contributed by atoms with Gasteiger partial charge in [0.2, 0.25) is 0 Å². The number of nitrogens with zero attached hydrogens (tertiary/aromatic N) is 3. The van der Waals surface area contributed by atoms with Gasteiger partial charge in [0.1, 0.15) is 5.69 Å². The molecule has 5 nitrogen and oxygen atoms in total. The average Bonchev–Trinajstić information content (AvgIpc) is 2.97. The molecule has 0 atom stereocenters. The first-order chi connectivity index (χ1) is 11.6. The van der Waals surface area contributed by atoms with Crippen molar-refractivity contribution in [2.75, 3.05) is 6.54 Å². The number of carbonyl (C=O) groups excluding carboxylic acids is 1. The molecule has 0 fully saturated rings. The number of rotatable bonds is 5. The standard InChI is InChI=1S/C18H18N4OS/c1-12-10-21-15(11-20-12)18(23)19-9-8-16-22-17(13(2)24-16)14-6-4-3-5-7-14/h3-7,10-11H,8-9H2,1-2H3,(H,19,23). The fraction of sp³-hybridized carbons (Fsp3) is 0.222. The SMILES string of the molecule is Cc1cnc(C(=O)NCCc2nc(-c3ccccc3)c(C)s2)cn1. The Labute approximate surface area is 144 Å². The van der Waals surface area contributed by atoms with Gasteiger partial charge in [0.05, 0.1) is 22.6 Å². The number of nitrogens with one attached hydrogen (secondary N) is 1. The van der Waals surface area contributed by atoms with Crippen molar-refractivity contribution in [3.63, 3.8) is 0 Å². The predicted molar refractivity (Wildman–Crippen MR) is 95.1 cm³/mol. The van der Waals surface area contributed by atoms with Crippen LogP contribution in [0.15, 0.2) is 42.7 Å². The van der Waals surface area contributed by atoms with Crippen molar-refractivity contribution in [3.05, 3.63) is 64.0 Å². The molecule has 24 heavy (non-hydrogen) atoms. The molecule has 0 bridgehead atoms. The Bertz CT molecular complexity index is 828. The molecule has 0 aliphatic heterocycles. The molecule has 1 N–H and O–H groups in total. The number of aryl methyl sites for hydroxylation is 2. The third kappa shape index (κ3) is 3.83. The van der Waals surface area contributed by atoms with Gasteiger partial charge < -0.3 is 5.32 Å². The lowest BCUT2D eigenvalue weighted by Gasteiger charge is -2.03. The third-order valence-corrected chi connectivity index (χ3v) is 4.56. The Morgan fingerprint density at radius 1 is 1.12 bits per heavy atom. The summed E-state index contributed by atoms with van der Waals surface area (Å²) in [6, 6.07) is 10.1. The molecule has 0 aliphatic carbocycles. The predicted octanol–water partition coefficient (Wildman–Crippen LogP) is 3.19. The maximum Gasteiger partial charge on any atom is 0.271 e. The van der Waals surface area contributed by atoms with E-state index in [9.17, 15) is 4.79 Å².